The fraction of sp³-hybridized carbons (Fsp3) is 0.389. The van der Waals surface area contributed by atoms with Gasteiger partial charge in [0.15, 0.2) is 0 Å². The van der Waals surface area contributed by atoms with Gasteiger partial charge in [-0.25, -0.2) is 0 Å². The van der Waals surface area contributed by atoms with Crippen LogP contribution in [0.2, 0.25) is 0 Å². The molecule has 154 valence electrons. The van der Waals surface area contributed by atoms with Gasteiger partial charge in [0, 0.05) is 13.1 Å². The van der Waals surface area contributed by atoms with Crippen LogP contribution in [0.15, 0.2) is 48.8 Å². The van der Waals surface area contributed by atoms with Crippen molar-refractivity contribution < 1.29 is 21.1 Å². The molecule has 10 heteroatoms. The van der Waals surface area contributed by atoms with Crippen LogP contribution in [0.1, 0.15) is 11.1 Å². The summed E-state index contributed by atoms with van der Waals surface area (Å²) in [7, 11) is -7.91. The van der Waals surface area contributed by atoms with Crippen molar-refractivity contribution in [1.82, 2.24) is 4.90 Å². The number of benzene rings is 1. The van der Waals surface area contributed by atoms with Crippen LogP contribution in [0.3, 0.4) is 0 Å². The van der Waals surface area contributed by atoms with Crippen molar-refractivity contribution in [2.45, 2.75) is 17.5 Å². The number of hydrogen-bond acceptors (Lipinski definition) is 4. The Kier molecular flexibility index (Phi) is 6.33. The predicted molar refractivity (Wildman–Crippen MR) is 112 cm³/mol. The fourth-order valence-electron chi connectivity index (χ4n) is 3.19. The Morgan fingerprint density at radius 2 is 1.32 bits per heavy atom. The molecule has 0 spiro atoms. The first kappa shape index (κ1) is 21.5. The second kappa shape index (κ2) is 8.25. The second-order valence-electron chi connectivity index (χ2n) is 6.93. The number of aromatic nitrogens is 1. The summed E-state index contributed by atoms with van der Waals surface area (Å²) >= 11 is 8.68. The van der Waals surface area contributed by atoms with Crippen molar-refractivity contribution in [1.29, 1.82) is 0 Å². The Labute approximate surface area is 173 Å². The molecule has 1 fully saturated rings. The third kappa shape index (κ3) is 5.65. The van der Waals surface area contributed by atoms with E-state index in [9.17, 15) is 16.4 Å². The summed E-state index contributed by atoms with van der Waals surface area (Å²) in [5.41, 5.74) is 1.85. The minimum atomic E-state index is -7.91. The molecule has 3 rings (SSSR count). The Balaban J connectivity index is 1.54. The number of nitrogens with zero attached hydrogens (tertiary/aromatic N) is 3. The molecule has 0 unspecified atom stereocenters. The minimum absolute atomic E-state index is 0.0438. The summed E-state index contributed by atoms with van der Waals surface area (Å²) < 4.78 is 53.1. The van der Waals surface area contributed by atoms with E-state index in [1.165, 1.54) is 12.1 Å². The van der Waals surface area contributed by atoms with Crippen LogP contribution < -0.4 is 14.9 Å². The first-order chi connectivity index (χ1) is 13.1. The fourth-order valence-corrected chi connectivity index (χ4v) is 4.32. The van der Waals surface area contributed by atoms with Gasteiger partial charge >= 0.3 is 126 Å². The second-order valence-corrected chi connectivity index (χ2v) is 10.5. The molecule has 0 N–H and O–H groups in total. The SMILES string of the molecule is F[Si-](F)(F)(F)c1ccc(CCc2cc[n+](N3CCN(C(S)S)CC3)cc2)cc1. The van der Waals surface area contributed by atoms with Gasteiger partial charge in [0.2, 0.25) is 0 Å². The first-order valence-corrected chi connectivity index (χ1v) is 12.1. The van der Waals surface area contributed by atoms with Gasteiger partial charge in [0.05, 0.1) is 4.71 Å². The zero-order valence-electron chi connectivity index (χ0n) is 15.2. The van der Waals surface area contributed by atoms with Crippen molar-refractivity contribution in [3.05, 3.63) is 59.9 Å². The first-order valence-electron chi connectivity index (χ1n) is 9.03. The molecule has 28 heavy (non-hydrogen) atoms. The van der Waals surface area contributed by atoms with E-state index in [1.54, 1.807) is 0 Å². The van der Waals surface area contributed by atoms with E-state index in [0.717, 1.165) is 49.4 Å². The van der Waals surface area contributed by atoms with E-state index in [2.05, 4.69) is 39.8 Å². The molecule has 3 nitrogen and oxygen atoms in total. The van der Waals surface area contributed by atoms with Gasteiger partial charge < -0.3 is 0 Å². The van der Waals surface area contributed by atoms with Crippen LogP contribution in [0.5, 0.6) is 0 Å². The van der Waals surface area contributed by atoms with Gasteiger partial charge in [-0.05, 0) is 0 Å². The molecule has 0 radical (unpaired) electrons. The molecule has 1 aliphatic heterocycles. The monoisotopic (exact) mass is 449 g/mol. The third-order valence-electron chi connectivity index (χ3n) is 4.92. The van der Waals surface area contributed by atoms with E-state index in [1.807, 2.05) is 24.5 Å². The Morgan fingerprint density at radius 3 is 1.79 bits per heavy atom. The van der Waals surface area contributed by atoms with Crippen molar-refractivity contribution in [3.8, 4) is 0 Å². The van der Waals surface area contributed by atoms with Crippen LogP contribution in [0.25, 0.3) is 0 Å². The van der Waals surface area contributed by atoms with Gasteiger partial charge in [-0.1, -0.05) is 0 Å². The Morgan fingerprint density at radius 1 is 0.821 bits per heavy atom. The molecular weight excluding hydrogens is 426 g/mol. The Bertz CT molecular complexity index is 780. The van der Waals surface area contributed by atoms with E-state index < -0.39 is 13.9 Å². The van der Waals surface area contributed by atoms with Crippen LogP contribution in [0.4, 0.5) is 16.4 Å². The molecule has 0 amide bonds. The van der Waals surface area contributed by atoms with Gasteiger partial charge in [0.1, 0.15) is 0 Å². The molecule has 1 aromatic carbocycles. The summed E-state index contributed by atoms with van der Waals surface area (Å²) in [5, 5.41) is 1.10. The summed E-state index contributed by atoms with van der Waals surface area (Å²) in [6.45, 7) is 3.55. The molecular formula is C18H23F4N3S2Si. The van der Waals surface area contributed by atoms with Crippen LogP contribution in [-0.2, 0) is 12.8 Å². The van der Waals surface area contributed by atoms with Crippen LogP contribution >= 0.6 is 25.3 Å². The number of pyridine rings is 1. The summed E-state index contributed by atoms with van der Waals surface area (Å²) in [5.74, 6) is 0. The average molecular weight is 450 g/mol. The van der Waals surface area contributed by atoms with Crippen molar-refractivity contribution >= 4 is 39.1 Å². The average Bonchev–Trinajstić information content (AvgIpc) is 2.66. The molecule has 2 aromatic rings. The number of thiol groups is 2. The topological polar surface area (TPSA) is 10.4 Å². The Hall–Kier alpha value is -1.23. The van der Waals surface area contributed by atoms with Gasteiger partial charge in [0.25, 0.3) is 0 Å². The molecule has 0 saturated carbocycles. The molecule has 0 bridgehead atoms. The quantitative estimate of drug-likeness (QED) is 0.175. The number of hydrogen-bond donors (Lipinski definition) is 2. The predicted octanol–water partition coefficient (Wildman–Crippen LogP) is 2.63. The summed E-state index contributed by atoms with van der Waals surface area (Å²) in [6, 6.07) is 8.45. The molecule has 1 saturated heterocycles. The summed E-state index contributed by atoms with van der Waals surface area (Å²) in [6.07, 6.45) is 5.30. The zero-order chi connectivity index (χ0) is 20.4. The number of halogens is 4. The van der Waals surface area contributed by atoms with Crippen LogP contribution in [0, 0.1) is 0 Å². The number of rotatable bonds is 6. The molecule has 1 aromatic heterocycles. The third-order valence-corrected chi connectivity index (χ3v) is 6.78. The van der Waals surface area contributed by atoms with Crippen molar-refractivity contribution in [2.24, 2.45) is 0 Å². The van der Waals surface area contributed by atoms with Crippen molar-refractivity contribution in [2.75, 3.05) is 31.2 Å². The van der Waals surface area contributed by atoms with Gasteiger partial charge in [-0.3, -0.25) is 4.90 Å². The summed E-state index contributed by atoms with van der Waals surface area (Å²) in [4.78, 5) is 2.19. The van der Waals surface area contributed by atoms with E-state index >= 15 is 0 Å². The maximum atomic E-state index is 12.8. The van der Waals surface area contributed by atoms with Gasteiger partial charge in [-0.2, -0.15) is 0 Å². The number of aryl methyl sites for hydroxylation is 2. The van der Waals surface area contributed by atoms with E-state index in [0.29, 0.717) is 12.8 Å². The van der Waals surface area contributed by atoms with E-state index in [-0.39, 0.29) is 4.71 Å². The molecule has 2 heterocycles. The molecule has 0 atom stereocenters. The van der Waals surface area contributed by atoms with Gasteiger partial charge in [-0.15, -0.1) is 25.3 Å². The maximum absolute atomic E-state index is 12.8. The zero-order valence-corrected chi connectivity index (χ0v) is 18.0. The van der Waals surface area contributed by atoms with Crippen LogP contribution in [-0.4, -0.2) is 44.5 Å². The molecule has 1 aliphatic rings. The normalized spacial score (nSPS) is 17.5. The number of piperazine rings is 1. The standard InChI is InChI=1S/C18H23F4N3S2Si/c19-28(20,21,22)17-5-3-15(4-6-17)1-2-16-7-9-24(10-8-16)25-13-11-23(12-14-25)18(26)27/h3-10,18,26-27H,1-2,11-14H2. The molecule has 0 aliphatic carbocycles. The van der Waals surface area contributed by atoms with Crippen molar-refractivity contribution in [3.63, 3.8) is 0 Å². The van der Waals surface area contributed by atoms with E-state index in [4.69, 9.17) is 0 Å².